The average molecular weight is 381 g/mol. The Bertz CT molecular complexity index is 841. The van der Waals surface area contributed by atoms with E-state index in [1.165, 1.54) is 12.1 Å². The molecule has 5 nitrogen and oxygen atoms in total. The number of fused-ring (bicyclic) bond motifs is 1. The van der Waals surface area contributed by atoms with Crippen molar-refractivity contribution in [3.8, 4) is 0 Å². The molecule has 28 heavy (non-hydrogen) atoms. The van der Waals surface area contributed by atoms with E-state index in [-0.39, 0.29) is 35.8 Å². The monoisotopic (exact) mass is 381 g/mol. The molecule has 2 amide bonds. The van der Waals surface area contributed by atoms with Gasteiger partial charge >= 0.3 is 0 Å². The van der Waals surface area contributed by atoms with E-state index < -0.39 is 0 Å². The maximum absolute atomic E-state index is 13.3. The van der Waals surface area contributed by atoms with Crippen LogP contribution in [0.15, 0.2) is 48.7 Å². The molecule has 0 bridgehead atoms. The maximum atomic E-state index is 13.3. The number of nitrogens with zero attached hydrogens (tertiary/aromatic N) is 2. The molecule has 2 aromatic rings. The van der Waals surface area contributed by atoms with Crippen molar-refractivity contribution in [2.24, 2.45) is 0 Å². The van der Waals surface area contributed by atoms with Crippen molar-refractivity contribution in [1.29, 1.82) is 0 Å². The normalized spacial score (nSPS) is 24.8. The van der Waals surface area contributed by atoms with E-state index >= 15 is 0 Å². The molecule has 3 heterocycles. The van der Waals surface area contributed by atoms with E-state index in [1.54, 1.807) is 30.5 Å². The number of benzene rings is 1. The molecule has 4 rings (SSSR count). The van der Waals surface area contributed by atoms with Crippen molar-refractivity contribution in [3.63, 3.8) is 0 Å². The van der Waals surface area contributed by atoms with Gasteiger partial charge in [-0.05, 0) is 55.5 Å². The van der Waals surface area contributed by atoms with Crippen LogP contribution >= 0.6 is 0 Å². The number of rotatable bonds is 3. The Balaban J connectivity index is 1.64. The first-order chi connectivity index (χ1) is 13.6. The number of carbonyl (C=O) groups excluding carboxylic acids is 2. The summed E-state index contributed by atoms with van der Waals surface area (Å²) in [4.78, 5) is 31.6. The average Bonchev–Trinajstić information content (AvgIpc) is 3.01. The van der Waals surface area contributed by atoms with Crippen molar-refractivity contribution >= 4 is 11.8 Å². The molecule has 2 saturated heterocycles. The first-order valence-corrected chi connectivity index (χ1v) is 9.89. The first-order valence-electron chi connectivity index (χ1n) is 9.89. The zero-order valence-electron chi connectivity index (χ0n) is 15.7. The van der Waals surface area contributed by atoms with E-state index in [0.29, 0.717) is 25.0 Å². The van der Waals surface area contributed by atoms with Gasteiger partial charge in [-0.2, -0.15) is 0 Å². The Labute approximate surface area is 164 Å². The molecular formula is C22H24FN3O2. The van der Waals surface area contributed by atoms with Gasteiger partial charge < -0.3 is 10.2 Å². The highest BCUT2D eigenvalue weighted by Crippen LogP contribution is 2.33. The van der Waals surface area contributed by atoms with Gasteiger partial charge in [0.05, 0.1) is 12.1 Å². The lowest BCUT2D eigenvalue weighted by Crippen LogP contribution is -2.49. The van der Waals surface area contributed by atoms with Gasteiger partial charge in [-0.15, -0.1) is 0 Å². The van der Waals surface area contributed by atoms with Crippen LogP contribution in [0.1, 0.15) is 48.2 Å². The Kier molecular flexibility index (Phi) is 5.37. The summed E-state index contributed by atoms with van der Waals surface area (Å²) in [6.45, 7) is 0. The molecule has 2 fully saturated rings. The Morgan fingerprint density at radius 2 is 2.00 bits per heavy atom. The Morgan fingerprint density at radius 1 is 1.18 bits per heavy atom. The lowest BCUT2D eigenvalue weighted by atomic mass is 9.97. The highest BCUT2D eigenvalue weighted by Gasteiger charge is 2.44. The van der Waals surface area contributed by atoms with Crippen LogP contribution in [0.25, 0.3) is 0 Å². The molecule has 1 N–H and O–H groups in total. The Morgan fingerprint density at radius 3 is 2.75 bits per heavy atom. The number of halogens is 1. The van der Waals surface area contributed by atoms with Crippen molar-refractivity contribution < 1.29 is 14.0 Å². The molecule has 1 aromatic carbocycles. The summed E-state index contributed by atoms with van der Waals surface area (Å²) in [6.07, 6.45) is 6.11. The van der Waals surface area contributed by atoms with Crippen LogP contribution in [-0.4, -0.2) is 39.8 Å². The highest BCUT2D eigenvalue weighted by molar-refractivity contribution is 5.93. The fourth-order valence-electron chi connectivity index (χ4n) is 4.45. The smallest absolute Gasteiger partial charge is 0.273 e. The number of pyridine rings is 1. The topological polar surface area (TPSA) is 62.3 Å². The summed E-state index contributed by atoms with van der Waals surface area (Å²) >= 11 is 0. The summed E-state index contributed by atoms with van der Waals surface area (Å²) in [6, 6.07) is 11.6. The Hall–Kier alpha value is -2.76. The number of likely N-dealkylation sites (tertiary alicyclic amines) is 1. The maximum Gasteiger partial charge on any atom is 0.273 e. The van der Waals surface area contributed by atoms with Gasteiger partial charge in [-0.3, -0.25) is 14.6 Å². The summed E-state index contributed by atoms with van der Waals surface area (Å²) in [5, 5.41) is 3.13. The third-order valence-corrected chi connectivity index (χ3v) is 5.74. The van der Waals surface area contributed by atoms with E-state index in [1.807, 2.05) is 11.0 Å². The van der Waals surface area contributed by atoms with Crippen molar-refractivity contribution in [2.45, 2.75) is 56.7 Å². The summed E-state index contributed by atoms with van der Waals surface area (Å²) < 4.78 is 13.3. The number of hydrogen-bond donors (Lipinski definition) is 1. The first kappa shape index (κ1) is 18.6. The van der Waals surface area contributed by atoms with E-state index in [2.05, 4.69) is 10.3 Å². The number of nitrogens with one attached hydrogen (secondary N) is 1. The molecule has 0 aliphatic carbocycles. The van der Waals surface area contributed by atoms with Gasteiger partial charge in [0.25, 0.3) is 5.91 Å². The third-order valence-electron chi connectivity index (χ3n) is 5.74. The zero-order valence-corrected chi connectivity index (χ0v) is 15.7. The molecule has 2 aliphatic heterocycles. The van der Waals surface area contributed by atoms with Gasteiger partial charge in [0.2, 0.25) is 5.91 Å². The lowest BCUT2D eigenvalue weighted by Gasteiger charge is -2.33. The molecular weight excluding hydrogens is 357 g/mol. The lowest BCUT2D eigenvalue weighted by molar-refractivity contribution is -0.122. The fraction of sp³-hybridized carbons (Fsp3) is 0.409. The second-order valence-electron chi connectivity index (χ2n) is 7.63. The highest BCUT2D eigenvalue weighted by atomic mass is 19.1. The molecule has 6 heteroatoms. The van der Waals surface area contributed by atoms with Crippen LogP contribution in [0, 0.1) is 5.82 Å². The van der Waals surface area contributed by atoms with Gasteiger partial charge in [-0.1, -0.05) is 24.6 Å². The van der Waals surface area contributed by atoms with E-state index in [9.17, 15) is 14.0 Å². The predicted molar refractivity (Wildman–Crippen MR) is 103 cm³/mol. The molecule has 1 aromatic heterocycles. The zero-order chi connectivity index (χ0) is 19.5. The van der Waals surface area contributed by atoms with Crippen LogP contribution in [-0.2, 0) is 11.2 Å². The predicted octanol–water partition coefficient (Wildman–Crippen LogP) is 3.11. The minimum Gasteiger partial charge on any atom is -0.351 e. The van der Waals surface area contributed by atoms with Gasteiger partial charge in [0, 0.05) is 18.7 Å². The van der Waals surface area contributed by atoms with Crippen LogP contribution in [0.4, 0.5) is 4.39 Å². The second kappa shape index (κ2) is 8.09. The van der Waals surface area contributed by atoms with Crippen LogP contribution in [0.3, 0.4) is 0 Å². The van der Waals surface area contributed by atoms with Crippen LogP contribution in [0.5, 0.6) is 0 Å². The van der Waals surface area contributed by atoms with Gasteiger partial charge in [-0.25, -0.2) is 4.39 Å². The van der Waals surface area contributed by atoms with Crippen molar-refractivity contribution in [3.05, 3.63) is 65.7 Å². The molecule has 3 atom stereocenters. The largest absolute Gasteiger partial charge is 0.351 e. The number of amides is 2. The van der Waals surface area contributed by atoms with Crippen molar-refractivity contribution in [2.75, 3.05) is 0 Å². The number of carbonyl (C=O) groups is 2. The quantitative estimate of drug-likeness (QED) is 0.889. The molecule has 146 valence electrons. The summed E-state index contributed by atoms with van der Waals surface area (Å²) in [5.74, 6) is -0.317. The second-order valence-corrected chi connectivity index (χ2v) is 7.63. The van der Waals surface area contributed by atoms with E-state index in [0.717, 1.165) is 24.8 Å². The summed E-state index contributed by atoms with van der Waals surface area (Å²) in [5.41, 5.74) is 1.39. The van der Waals surface area contributed by atoms with Gasteiger partial charge in [0.15, 0.2) is 0 Å². The molecule has 0 saturated carbocycles. The molecule has 2 aliphatic rings. The minimum absolute atomic E-state index is 0.0378. The van der Waals surface area contributed by atoms with Gasteiger partial charge in [0.1, 0.15) is 11.5 Å². The molecule has 0 unspecified atom stereocenters. The van der Waals surface area contributed by atoms with Crippen molar-refractivity contribution in [1.82, 2.24) is 15.2 Å². The molecule has 0 spiro atoms. The van der Waals surface area contributed by atoms with Crippen LogP contribution in [0.2, 0.25) is 0 Å². The summed E-state index contributed by atoms with van der Waals surface area (Å²) in [7, 11) is 0. The number of aromatic nitrogens is 1. The fourth-order valence-corrected chi connectivity index (χ4v) is 4.45. The molecule has 0 radical (unpaired) electrons. The van der Waals surface area contributed by atoms with E-state index in [4.69, 9.17) is 0 Å². The third kappa shape index (κ3) is 3.91. The minimum atomic E-state index is -0.273. The number of hydrogen-bond acceptors (Lipinski definition) is 3. The standard InChI is InChI=1S/C22H24FN3O2/c23-16-10-8-15(9-11-16)13-17-14-19-20(6-1-2-7-21(27)25-19)26(17)22(28)18-5-3-4-12-24-18/h3-5,8-12,17,19-20H,1-2,6-7,13-14H2,(H,25,27)/t17-,19+,20-/m1/s1. The van der Waals surface area contributed by atoms with Crippen LogP contribution < -0.4 is 5.32 Å². The SMILES string of the molecule is O=C1CCCC[C@@H]2[C@H](C[C@@H](Cc3ccc(F)cc3)N2C(=O)c2ccccn2)N1.